The maximum absolute atomic E-state index is 12.5. The Bertz CT molecular complexity index is 651. The molecule has 0 radical (unpaired) electrons. The van der Waals surface area contributed by atoms with Gasteiger partial charge in [0.1, 0.15) is 11.3 Å². The van der Waals surface area contributed by atoms with Gasteiger partial charge in [0.15, 0.2) is 0 Å². The van der Waals surface area contributed by atoms with Crippen LogP contribution in [0.2, 0.25) is 0 Å². The number of rotatable bonds is 3. The molecule has 7 heteroatoms. The van der Waals surface area contributed by atoms with Crippen LogP contribution in [0.3, 0.4) is 0 Å². The molecule has 2 N–H and O–H groups in total. The maximum Gasteiger partial charge on any atom is 0.339 e. The number of amides is 2. The van der Waals surface area contributed by atoms with Gasteiger partial charge in [0, 0.05) is 6.07 Å². The fraction of sp³-hybridized carbons (Fsp3) is 0.400. The molecule has 1 atom stereocenters. The first-order chi connectivity index (χ1) is 10.5. The van der Waals surface area contributed by atoms with Gasteiger partial charge in [-0.15, -0.1) is 0 Å². The molecule has 22 heavy (non-hydrogen) atoms. The summed E-state index contributed by atoms with van der Waals surface area (Å²) in [4.78, 5) is 38.6. The third-order valence-electron chi connectivity index (χ3n) is 4.17. The summed E-state index contributed by atoms with van der Waals surface area (Å²) in [7, 11) is 0. The van der Waals surface area contributed by atoms with Crippen molar-refractivity contribution in [2.24, 2.45) is 0 Å². The molecule has 116 valence electrons. The molecular formula is C15H16N2O5. The lowest BCUT2D eigenvalue weighted by atomic mass is 10.1. The number of carbonyl (C=O) groups excluding carboxylic acids is 2. The van der Waals surface area contributed by atoms with Crippen LogP contribution in [0.15, 0.2) is 18.2 Å². The molecule has 1 unspecified atom stereocenters. The third kappa shape index (κ3) is 2.33. The number of carboxylic acids is 1. The average molecular weight is 304 g/mol. The number of benzene rings is 1. The van der Waals surface area contributed by atoms with Gasteiger partial charge in [0.25, 0.3) is 5.91 Å². The molecular weight excluding hydrogens is 288 g/mol. The van der Waals surface area contributed by atoms with Crippen molar-refractivity contribution < 1.29 is 24.6 Å². The van der Waals surface area contributed by atoms with Gasteiger partial charge in [-0.2, -0.15) is 0 Å². The van der Waals surface area contributed by atoms with E-state index in [0.29, 0.717) is 0 Å². The van der Waals surface area contributed by atoms with E-state index in [4.69, 9.17) is 5.11 Å². The molecule has 0 aliphatic carbocycles. The number of imide groups is 1. The second-order valence-electron chi connectivity index (χ2n) is 5.54. The number of hydrogen-bond donors (Lipinski definition) is 2. The van der Waals surface area contributed by atoms with E-state index >= 15 is 0 Å². The van der Waals surface area contributed by atoms with Gasteiger partial charge in [-0.3, -0.25) is 14.5 Å². The van der Waals surface area contributed by atoms with Crippen LogP contribution >= 0.6 is 0 Å². The number of aromatic hydroxyl groups is 1. The second kappa shape index (κ2) is 5.42. The highest BCUT2D eigenvalue weighted by Gasteiger charge is 2.43. The first kappa shape index (κ1) is 14.5. The first-order valence-electron chi connectivity index (χ1n) is 7.16. The predicted molar refractivity (Wildman–Crippen MR) is 76.8 cm³/mol. The normalized spacial score (nSPS) is 22.5. The van der Waals surface area contributed by atoms with Crippen molar-refractivity contribution in [3.8, 4) is 5.75 Å². The summed E-state index contributed by atoms with van der Waals surface area (Å²) in [6.07, 6.45) is 2.17. The number of phenols is 1. The molecule has 2 aliphatic heterocycles. The standard InChI is InChI=1S/C15H16N2O5/c18-12-7-9(3-4-10(12)15(21)22)17-13(19)8-11(14(17)20)16-5-1-2-6-16/h3-4,7,11,18H,1-2,5-6,8H2,(H,21,22). The number of nitrogens with zero attached hydrogens (tertiary/aromatic N) is 2. The molecule has 1 aromatic rings. The van der Waals surface area contributed by atoms with Gasteiger partial charge in [-0.25, -0.2) is 9.69 Å². The van der Waals surface area contributed by atoms with Crippen LogP contribution in [0, 0.1) is 0 Å². The zero-order chi connectivity index (χ0) is 15.9. The van der Waals surface area contributed by atoms with Gasteiger partial charge in [0.05, 0.1) is 18.2 Å². The monoisotopic (exact) mass is 304 g/mol. The van der Waals surface area contributed by atoms with Crippen molar-refractivity contribution in [2.45, 2.75) is 25.3 Å². The van der Waals surface area contributed by atoms with Gasteiger partial charge >= 0.3 is 5.97 Å². The Balaban J connectivity index is 1.88. The molecule has 0 saturated carbocycles. The van der Waals surface area contributed by atoms with Crippen LogP contribution in [0.25, 0.3) is 0 Å². The number of aromatic carboxylic acids is 1. The van der Waals surface area contributed by atoms with E-state index < -0.39 is 17.8 Å². The van der Waals surface area contributed by atoms with Crippen LogP contribution in [0.1, 0.15) is 29.6 Å². The Morgan fingerprint density at radius 2 is 1.86 bits per heavy atom. The average Bonchev–Trinajstić information content (AvgIpc) is 3.06. The van der Waals surface area contributed by atoms with Crippen LogP contribution in [-0.4, -0.2) is 52.0 Å². The molecule has 2 amide bonds. The van der Waals surface area contributed by atoms with Crippen molar-refractivity contribution in [2.75, 3.05) is 18.0 Å². The highest BCUT2D eigenvalue weighted by Crippen LogP contribution is 2.31. The Kier molecular flexibility index (Phi) is 3.58. The van der Waals surface area contributed by atoms with Crippen LogP contribution in [-0.2, 0) is 9.59 Å². The fourth-order valence-corrected chi connectivity index (χ4v) is 3.07. The smallest absolute Gasteiger partial charge is 0.339 e. The SMILES string of the molecule is O=C(O)c1ccc(N2C(=O)CC(N3CCCC3)C2=O)cc1O. The van der Waals surface area contributed by atoms with Gasteiger partial charge in [-0.1, -0.05) is 0 Å². The predicted octanol–water partition coefficient (Wildman–Crippen LogP) is 0.818. The number of likely N-dealkylation sites (tertiary alicyclic amines) is 1. The minimum Gasteiger partial charge on any atom is -0.507 e. The molecule has 0 aromatic heterocycles. The molecule has 2 fully saturated rings. The number of hydrogen-bond acceptors (Lipinski definition) is 5. The van der Waals surface area contributed by atoms with Crippen molar-refractivity contribution in [3.05, 3.63) is 23.8 Å². The zero-order valence-corrected chi connectivity index (χ0v) is 11.9. The molecule has 1 aromatic carbocycles. The second-order valence-corrected chi connectivity index (χ2v) is 5.54. The van der Waals surface area contributed by atoms with E-state index in [0.717, 1.165) is 36.9 Å². The van der Waals surface area contributed by atoms with Gasteiger partial charge in [0.2, 0.25) is 5.91 Å². The van der Waals surface area contributed by atoms with Crippen molar-refractivity contribution in [1.29, 1.82) is 0 Å². The molecule has 2 saturated heterocycles. The minimum absolute atomic E-state index is 0.125. The zero-order valence-electron chi connectivity index (χ0n) is 11.9. The summed E-state index contributed by atoms with van der Waals surface area (Å²) >= 11 is 0. The molecule has 0 spiro atoms. The van der Waals surface area contributed by atoms with E-state index in [1.54, 1.807) is 0 Å². The van der Waals surface area contributed by atoms with E-state index in [9.17, 15) is 19.5 Å². The Morgan fingerprint density at radius 1 is 1.18 bits per heavy atom. The molecule has 3 rings (SSSR count). The van der Waals surface area contributed by atoms with Crippen LogP contribution in [0.5, 0.6) is 5.75 Å². The fourth-order valence-electron chi connectivity index (χ4n) is 3.07. The summed E-state index contributed by atoms with van der Waals surface area (Å²) in [5.74, 6) is -2.37. The van der Waals surface area contributed by atoms with Gasteiger partial charge < -0.3 is 10.2 Å². The largest absolute Gasteiger partial charge is 0.507 e. The summed E-state index contributed by atoms with van der Waals surface area (Å²) in [6.45, 7) is 1.61. The highest BCUT2D eigenvalue weighted by molar-refractivity contribution is 6.22. The van der Waals surface area contributed by atoms with Crippen molar-refractivity contribution in [3.63, 3.8) is 0 Å². The Labute approximate surface area is 126 Å². The summed E-state index contributed by atoms with van der Waals surface area (Å²) in [6, 6.07) is 3.25. The molecule has 2 aliphatic rings. The van der Waals surface area contributed by atoms with Crippen LogP contribution < -0.4 is 4.90 Å². The minimum atomic E-state index is -1.27. The summed E-state index contributed by atoms with van der Waals surface area (Å²) in [5, 5.41) is 18.6. The molecule has 0 bridgehead atoms. The molecule has 7 nitrogen and oxygen atoms in total. The van der Waals surface area contributed by atoms with E-state index in [2.05, 4.69) is 0 Å². The molecule has 2 heterocycles. The van der Waals surface area contributed by atoms with Crippen molar-refractivity contribution in [1.82, 2.24) is 4.90 Å². The first-order valence-corrected chi connectivity index (χ1v) is 7.16. The number of carboxylic acid groups (broad SMARTS) is 1. The summed E-state index contributed by atoms with van der Waals surface area (Å²) in [5.41, 5.74) is -0.0573. The van der Waals surface area contributed by atoms with E-state index in [-0.39, 0.29) is 29.5 Å². The number of anilines is 1. The topological polar surface area (TPSA) is 98.2 Å². The van der Waals surface area contributed by atoms with Crippen molar-refractivity contribution >= 4 is 23.5 Å². The lowest BCUT2D eigenvalue weighted by molar-refractivity contribution is -0.122. The van der Waals surface area contributed by atoms with E-state index in [1.165, 1.54) is 12.1 Å². The van der Waals surface area contributed by atoms with Crippen LogP contribution in [0.4, 0.5) is 5.69 Å². The number of carbonyl (C=O) groups is 3. The van der Waals surface area contributed by atoms with E-state index in [1.807, 2.05) is 4.90 Å². The quantitative estimate of drug-likeness (QED) is 0.802. The van der Waals surface area contributed by atoms with Gasteiger partial charge in [-0.05, 0) is 38.1 Å². The summed E-state index contributed by atoms with van der Waals surface area (Å²) < 4.78 is 0. The maximum atomic E-state index is 12.5. The Hall–Kier alpha value is -2.41. The highest BCUT2D eigenvalue weighted by atomic mass is 16.4. The Morgan fingerprint density at radius 3 is 2.45 bits per heavy atom. The third-order valence-corrected chi connectivity index (χ3v) is 4.17. The lowest BCUT2D eigenvalue weighted by Gasteiger charge is -2.21. The lowest BCUT2D eigenvalue weighted by Crippen LogP contribution is -2.40.